The van der Waals surface area contributed by atoms with Gasteiger partial charge in [0, 0.05) is 31.9 Å². The van der Waals surface area contributed by atoms with Gasteiger partial charge in [0.1, 0.15) is 5.69 Å². The number of ether oxygens (including phenoxy) is 1. The summed E-state index contributed by atoms with van der Waals surface area (Å²) in [7, 11) is 0. The van der Waals surface area contributed by atoms with Gasteiger partial charge in [-0.2, -0.15) is 5.10 Å². The highest BCUT2D eigenvalue weighted by molar-refractivity contribution is 5.92. The Morgan fingerprint density at radius 3 is 2.71 bits per heavy atom. The molecule has 1 aliphatic heterocycles. The number of aromatic nitrogens is 2. The molecule has 0 aliphatic carbocycles. The molecule has 0 spiro atoms. The first kappa shape index (κ1) is 16.0. The summed E-state index contributed by atoms with van der Waals surface area (Å²) in [6.07, 6.45) is 0.508. The van der Waals surface area contributed by atoms with Crippen molar-refractivity contribution in [2.45, 2.75) is 45.8 Å². The Morgan fingerprint density at radius 2 is 2.14 bits per heavy atom. The van der Waals surface area contributed by atoms with Gasteiger partial charge in [-0.25, -0.2) is 0 Å². The zero-order chi connectivity index (χ0) is 15.4. The maximum atomic E-state index is 12.0. The molecule has 1 amide bonds. The van der Waals surface area contributed by atoms with Crippen LogP contribution in [0.1, 0.15) is 49.8 Å². The van der Waals surface area contributed by atoms with Crippen molar-refractivity contribution < 1.29 is 9.53 Å². The Morgan fingerprint density at radius 1 is 1.48 bits per heavy atom. The number of rotatable bonds is 5. The van der Waals surface area contributed by atoms with E-state index >= 15 is 0 Å². The number of nitrogens with zero attached hydrogens (tertiary/aromatic N) is 2. The summed E-state index contributed by atoms with van der Waals surface area (Å²) in [6.45, 7) is 11.6. The second-order valence-electron chi connectivity index (χ2n) is 6.14. The molecule has 1 aromatic heterocycles. The molecular formula is C15H26N4O2. The maximum Gasteiger partial charge on any atom is 0.271 e. The van der Waals surface area contributed by atoms with Crippen molar-refractivity contribution in [3.8, 4) is 0 Å². The SMILES string of the molecule is CC(C)c1cc(C(=O)NCCN2C[C@@H](C)O[C@H](C)C2)n[nH]1. The lowest BCUT2D eigenvalue weighted by Crippen LogP contribution is -2.47. The third-order valence-electron chi connectivity index (χ3n) is 3.66. The van der Waals surface area contributed by atoms with E-state index in [1.54, 1.807) is 0 Å². The van der Waals surface area contributed by atoms with Crippen molar-refractivity contribution in [1.82, 2.24) is 20.4 Å². The summed E-state index contributed by atoms with van der Waals surface area (Å²) < 4.78 is 5.70. The molecule has 1 aliphatic rings. The van der Waals surface area contributed by atoms with Crippen LogP contribution in [-0.2, 0) is 4.74 Å². The third-order valence-corrected chi connectivity index (χ3v) is 3.66. The number of hydrogen-bond donors (Lipinski definition) is 2. The van der Waals surface area contributed by atoms with Crippen LogP contribution in [0.25, 0.3) is 0 Å². The normalized spacial score (nSPS) is 23.5. The van der Waals surface area contributed by atoms with E-state index in [-0.39, 0.29) is 18.1 Å². The number of hydrogen-bond acceptors (Lipinski definition) is 4. The van der Waals surface area contributed by atoms with Crippen LogP contribution in [0.2, 0.25) is 0 Å². The smallest absolute Gasteiger partial charge is 0.271 e. The van der Waals surface area contributed by atoms with Crippen molar-refractivity contribution in [3.05, 3.63) is 17.5 Å². The van der Waals surface area contributed by atoms with Crippen molar-refractivity contribution in [2.24, 2.45) is 0 Å². The first-order chi connectivity index (χ1) is 9.95. The van der Waals surface area contributed by atoms with Crippen LogP contribution < -0.4 is 5.32 Å². The Bertz CT molecular complexity index is 462. The molecule has 1 fully saturated rings. The largest absolute Gasteiger partial charge is 0.373 e. The van der Waals surface area contributed by atoms with E-state index in [4.69, 9.17) is 4.74 Å². The number of carbonyl (C=O) groups excluding carboxylic acids is 1. The van der Waals surface area contributed by atoms with E-state index in [9.17, 15) is 4.79 Å². The summed E-state index contributed by atoms with van der Waals surface area (Å²) in [5.41, 5.74) is 1.44. The summed E-state index contributed by atoms with van der Waals surface area (Å²) >= 11 is 0. The summed E-state index contributed by atoms with van der Waals surface area (Å²) in [5, 5.41) is 9.88. The van der Waals surface area contributed by atoms with Gasteiger partial charge in [0.05, 0.1) is 12.2 Å². The second kappa shape index (κ2) is 7.04. The number of aromatic amines is 1. The van der Waals surface area contributed by atoms with Crippen LogP contribution in [0.4, 0.5) is 0 Å². The molecule has 6 heteroatoms. The molecule has 118 valence electrons. The van der Waals surface area contributed by atoms with E-state index in [0.717, 1.165) is 25.3 Å². The first-order valence-electron chi connectivity index (χ1n) is 7.67. The van der Waals surface area contributed by atoms with Gasteiger partial charge < -0.3 is 10.1 Å². The predicted octanol–water partition coefficient (Wildman–Crippen LogP) is 1.37. The molecule has 0 saturated carbocycles. The van der Waals surface area contributed by atoms with Gasteiger partial charge in [0.2, 0.25) is 0 Å². The lowest BCUT2D eigenvalue weighted by atomic mass is 10.1. The van der Waals surface area contributed by atoms with Crippen molar-refractivity contribution in [1.29, 1.82) is 0 Å². The highest BCUT2D eigenvalue weighted by Crippen LogP contribution is 2.12. The standard InChI is InChI=1S/C15H26N4O2/c1-10(2)13-7-14(18-17-13)15(20)16-5-6-19-8-11(3)21-12(4)9-19/h7,10-12H,5-6,8-9H2,1-4H3,(H,16,20)(H,17,18)/t11-,12-/m1/s1. The molecule has 2 rings (SSSR count). The van der Waals surface area contributed by atoms with Crippen molar-refractivity contribution in [2.75, 3.05) is 26.2 Å². The molecule has 2 atom stereocenters. The summed E-state index contributed by atoms with van der Waals surface area (Å²) in [5.74, 6) is 0.225. The molecule has 21 heavy (non-hydrogen) atoms. The highest BCUT2D eigenvalue weighted by atomic mass is 16.5. The van der Waals surface area contributed by atoms with Gasteiger partial charge in [-0.15, -0.1) is 0 Å². The number of H-pyrrole nitrogens is 1. The second-order valence-corrected chi connectivity index (χ2v) is 6.14. The Balaban J connectivity index is 1.76. The Kier molecular flexibility index (Phi) is 5.36. The zero-order valence-corrected chi connectivity index (χ0v) is 13.3. The third kappa shape index (κ3) is 4.54. The number of carbonyl (C=O) groups is 1. The van der Waals surface area contributed by atoms with Crippen molar-refractivity contribution in [3.63, 3.8) is 0 Å². The minimum absolute atomic E-state index is 0.118. The molecule has 0 radical (unpaired) electrons. The van der Waals surface area contributed by atoms with Gasteiger partial charge in [0.25, 0.3) is 5.91 Å². The minimum atomic E-state index is -0.118. The van der Waals surface area contributed by atoms with E-state index in [1.807, 2.05) is 6.07 Å². The van der Waals surface area contributed by atoms with E-state index < -0.39 is 0 Å². The zero-order valence-electron chi connectivity index (χ0n) is 13.3. The quantitative estimate of drug-likeness (QED) is 0.860. The lowest BCUT2D eigenvalue weighted by molar-refractivity contribution is -0.0672. The van der Waals surface area contributed by atoms with Crippen LogP contribution in [0, 0.1) is 0 Å². The molecule has 1 aromatic rings. The lowest BCUT2D eigenvalue weighted by Gasteiger charge is -2.35. The average molecular weight is 294 g/mol. The Hall–Kier alpha value is -1.40. The summed E-state index contributed by atoms with van der Waals surface area (Å²) in [6, 6.07) is 1.82. The van der Waals surface area contributed by atoms with Crippen LogP contribution in [-0.4, -0.2) is 59.4 Å². The minimum Gasteiger partial charge on any atom is -0.373 e. The molecule has 1 saturated heterocycles. The fraction of sp³-hybridized carbons (Fsp3) is 0.733. The van der Waals surface area contributed by atoms with Gasteiger partial charge in [0.15, 0.2) is 0 Å². The molecule has 6 nitrogen and oxygen atoms in total. The fourth-order valence-corrected chi connectivity index (χ4v) is 2.63. The van der Waals surface area contributed by atoms with E-state index in [0.29, 0.717) is 18.2 Å². The van der Waals surface area contributed by atoms with Crippen LogP contribution in [0.5, 0.6) is 0 Å². The monoisotopic (exact) mass is 294 g/mol. The van der Waals surface area contributed by atoms with E-state index in [1.165, 1.54) is 0 Å². The number of nitrogens with one attached hydrogen (secondary N) is 2. The molecule has 0 unspecified atom stereocenters. The average Bonchev–Trinajstić information content (AvgIpc) is 2.87. The first-order valence-corrected chi connectivity index (χ1v) is 7.67. The molecule has 2 N–H and O–H groups in total. The Labute approximate surface area is 126 Å². The molecule has 0 aromatic carbocycles. The topological polar surface area (TPSA) is 70.2 Å². The van der Waals surface area contributed by atoms with Crippen molar-refractivity contribution >= 4 is 5.91 Å². The van der Waals surface area contributed by atoms with Crippen LogP contribution in [0.3, 0.4) is 0 Å². The highest BCUT2D eigenvalue weighted by Gasteiger charge is 2.21. The molecular weight excluding hydrogens is 268 g/mol. The van der Waals surface area contributed by atoms with Gasteiger partial charge in [-0.3, -0.25) is 14.8 Å². The van der Waals surface area contributed by atoms with Gasteiger partial charge in [-0.1, -0.05) is 13.8 Å². The number of morpholine rings is 1. The van der Waals surface area contributed by atoms with Crippen LogP contribution in [0.15, 0.2) is 6.07 Å². The molecule has 2 heterocycles. The number of amides is 1. The fourth-order valence-electron chi connectivity index (χ4n) is 2.63. The van der Waals surface area contributed by atoms with Gasteiger partial charge >= 0.3 is 0 Å². The predicted molar refractivity (Wildman–Crippen MR) is 81.5 cm³/mol. The van der Waals surface area contributed by atoms with E-state index in [2.05, 4.69) is 48.1 Å². The molecule has 0 bridgehead atoms. The van der Waals surface area contributed by atoms with Crippen LogP contribution >= 0.6 is 0 Å². The maximum absolute atomic E-state index is 12.0. The summed E-state index contributed by atoms with van der Waals surface area (Å²) in [4.78, 5) is 14.3. The van der Waals surface area contributed by atoms with Gasteiger partial charge in [-0.05, 0) is 25.8 Å².